The van der Waals surface area contributed by atoms with Crippen LogP contribution in [0.15, 0.2) is 0 Å². The predicted octanol–water partition coefficient (Wildman–Crippen LogP) is 1.03. The van der Waals surface area contributed by atoms with Crippen LogP contribution in [0.25, 0.3) is 0 Å². The summed E-state index contributed by atoms with van der Waals surface area (Å²) in [5.74, 6) is 0. The summed E-state index contributed by atoms with van der Waals surface area (Å²) in [6.07, 6.45) is 0. The van der Waals surface area contributed by atoms with E-state index in [9.17, 15) is 0 Å². The van der Waals surface area contributed by atoms with E-state index in [4.69, 9.17) is 34.6 Å². The zero-order chi connectivity index (χ0) is 9.58. The fourth-order valence-corrected chi connectivity index (χ4v) is 0. The van der Waals surface area contributed by atoms with Crippen LogP contribution >= 0.6 is 34.3 Å². The molecule has 0 amide bonds. The Morgan fingerprint density at radius 2 is 0.900 bits per heavy atom. The second-order valence-corrected chi connectivity index (χ2v) is 8.94. The number of carbonyl (C=O) groups excluding carboxylic acids is 3. The number of hydrogen-bond donors (Lipinski definition) is 0. The van der Waals surface area contributed by atoms with Crippen molar-refractivity contribution < 1.29 is 24.7 Å². The number of halogens is 3. The Labute approximate surface area is 79.1 Å². The predicted molar refractivity (Wildman–Crippen MR) is 37.7 cm³/mol. The third kappa shape index (κ3) is 1420. The van der Waals surface area contributed by atoms with E-state index in [1.807, 2.05) is 0 Å². The van der Waals surface area contributed by atoms with Crippen LogP contribution in [0.1, 0.15) is 0 Å². The van der Waals surface area contributed by atoms with Gasteiger partial charge < -0.3 is 34.8 Å². The molecule has 0 bridgehead atoms. The van der Waals surface area contributed by atoms with E-state index in [0.717, 1.165) is 0 Å². The molecule has 10 heavy (non-hydrogen) atoms. The molecule has 0 saturated carbocycles. The summed E-state index contributed by atoms with van der Waals surface area (Å²) >= 11 is 2.91. The third-order valence-corrected chi connectivity index (χ3v) is 0. The van der Waals surface area contributed by atoms with Crippen LogP contribution in [0, 0.1) is 0 Å². The molecule has 0 fully saturated rings. The third-order valence-electron chi connectivity index (χ3n) is 0. The summed E-state index contributed by atoms with van der Waals surface area (Å²) in [5, 5.41) is 0. The van der Waals surface area contributed by atoms with Crippen LogP contribution in [0.4, 0.5) is 0 Å². The van der Waals surface area contributed by atoms with Gasteiger partial charge in [-0.3, -0.25) is 0 Å². The summed E-state index contributed by atoms with van der Waals surface area (Å²) in [6.45, 7) is 13.5. The minimum absolute atomic E-state index is 1.14. The molecule has 3 nitrogen and oxygen atoms in total. The van der Waals surface area contributed by atoms with Gasteiger partial charge in [0.25, 0.3) is 0 Å². The first-order valence-corrected chi connectivity index (χ1v) is 7.21. The fraction of sp³-hybridized carbons (Fsp3) is 0. The first-order valence-electron chi connectivity index (χ1n) is 1.04. The molecule has 0 N–H and O–H groups in total. The molecule has 0 rings (SSSR count). The summed E-state index contributed by atoms with van der Waals surface area (Å²) in [6, 6.07) is 0. The summed E-state index contributed by atoms with van der Waals surface area (Å²) in [5.41, 5.74) is 0. The number of hydrogen-bond acceptors (Lipinski definition) is 3. The molecule has 0 atom stereocenters. The molecule has 3 radical (unpaired) electrons. The van der Waals surface area contributed by atoms with Crippen molar-refractivity contribution in [1.29, 1.82) is 0 Å². The van der Waals surface area contributed by atoms with Gasteiger partial charge in [-0.25, -0.2) is 0 Å². The monoisotopic (exact) mass is 288 g/mol. The van der Waals surface area contributed by atoms with E-state index >= 15 is 0 Å². The van der Waals surface area contributed by atoms with Gasteiger partial charge in [0, 0.05) is 0 Å². The normalized spacial score (nSPS) is 5.70. The zero-order valence-electron chi connectivity index (χ0n) is 4.24. The standard InChI is InChI=1S/3CO.BrH.2ClH.Mn/c3*1-2;;;;/h;;;3*1H;/q3*-1;;;;+3/p-3. The van der Waals surface area contributed by atoms with E-state index in [0.29, 0.717) is 0 Å². The Hall–Kier alpha value is 0.589. The molecule has 61 valence electrons. The van der Waals surface area contributed by atoms with Gasteiger partial charge in [0.05, 0.1) is 0 Å². The second-order valence-electron chi connectivity index (χ2n) is 0.162. The summed E-state index contributed by atoms with van der Waals surface area (Å²) < 4.78 is 0. The first kappa shape index (κ1) is 22.4. The Balaban J connectivity index is -0.0000000262. The SMILES string of the molecule is [C-]=O.[C-]=O.[C-]=O.[Cl][Mn]([Cl])[Br]. The van der Waals surface area contributed by atoms with Crippen LogP contribution in [0.2, 0.25) is 0 Å². The van der Waals surface area contributed by atoms with E-state index in [-0.39, 0.29) is 0 Å². The van der Waals surface area contributed by atoms with Gasteiger partial charge >= 0.3 is 44.6 Å². The van der Waals surface area contributed by atoms with Gasteiger partial charge in [0.1, 0.15) is 0 Å². The molecule has 0 aromatic heterocycles. The molecular weight excluding hydrogens is 290 g/mol. The summed E-state index contributed by atoms with van der Waals surface area (Å²) in [7, 11) is 8.98. The van der Waals surface area contributed by atoms with E-state index in [1.165, 1.54) is 0 Å². The Morgan fingerprint density at radius 3 is 0.900 bits per heavy atom. The van der Waals surface area contributed by atoms with Crippen LogP contribution in [0.5, 0.6) is 0 Å². The maximum absolute atomic E-state index is 7.50. The van der Waals surface area contributed by atoms with Crippen molar-refractivity contribution in [2.45, 2.75) is 0 Å². The molecule has 0 aliphatic rings. The van der Waals surface area contributed by atoms with Crippen LogP contribution in [-0.2, 0) is 24.7 Å². The molecular formula is C3BrCl2MnO3-3. The van der Waals surface area contributed by atoms with Crippen molar-refractivity contribution in [3.05, 3.63) is 0 Å². The number of rotatable bonds is 0. The van der Waals surface area contributed by atoms with Crippen LogP contribution in [0.3, 0.4) is 0 Å². The zero-order valence-corrected chi connectivity index (χ0v) is 8.51. The average Bonchev–Trinajstić information content (AvgIpc) is 1.98. The van der Waals surface area contributed by atoms with Crippen LogP contribution in [-0.4, -0.2) is 20.4 Å². The van der Waals surface area contributed by atoms with E-state index < -0.39 is 10.3 Å². The first-order chi connectivity index (χ1) is 4.73. The van der Waals surface area contributed by atoms with Crippen molar-refractivity contribution in [1.82, 2.24) is 0 Å². The van der Waals surface area contributed by atoms with Crippen molar-refractivity contribution in [3.8, 4) is 0 Å². The van der Waals surface area contributed by atoms with Crippen molar-refractivity contribution in [2.24, 2.45) is 0 Å². The maximum atomic E-state index is 7.50. The van der Waals surface area contributed by atoms with Crippen molar-refractivity contribution >= 4 is 54.7 Å². The molecule has 0 aromatic rings. The molecule has 0 unspecified atom stereocenters. The van der Waals surface area contributed by atoms with Gasteiger partial charge in [-0.05, 0) is 0 Å². The fourth-order valence-electron chi connectivity index (χ4n) is 0. The van der Waals surface area contributed by atoms with Crippen molar-refractivity contribution in [3.63, 3.8) is 0 Å². The molecule has 0 aliphatic heterocycles. The Bertz CT molecular complexity index is 43.2. The molecule has 0 heterocycles. The van der Waals surface area contributed by atoms with E-state index in [2.05, 4.69) is 34.5 Å². The molecule has 0 aliphatic carbocycles. The van der Waals surface area contributed by atoms with Crippen molar-refractivity contribution in [2.75, 3.05) is 0 Å². The molecule has 0 aromatic carbocycles. The Kier molecular flexibility index (Phi) is 123. The van der Waals surface area contributed by atoms with Gasteiger partial charge in [0.15, 0.2) is 0 Å². The summed E-state index contributed by atoms with van der Waals surface area (Å²) in [4.78, 5) is 22.5. The molecule has 7 heteroatoms. The van der Waals surface area contributed by atoms with Crippen LogP contribution < -0.4 is 0 Å². The molecule has 0 spiro atoms. The van der Waals surface area contributed by atoms with Gasteiger partial charge in [-0.2, -0.15) is 0 Å². The quantitative estimate of drug-likeness (QED) is 0.494. The van der Waals surface area contributed by atoms with Gasteiger partial charge in [0.2, 0.25) is 0 Å². The van der Waals surface area contributed by atoms with Gasteiger partial charge in [-0.1, -0.05) is 0 Å². The second kappa shape index (κ2) is 54.9. The minimum atomic E-state index is -1.14. The van der Waals surface area contributed by atoms with E-state index in [1.54, 1.807) is 0 Å². The Morgan fingerprint density at radius 1 is 0.900 bits per heavy atom. The topological polar surface area (TPSA) is 51.2 Å². The average molecular weight is 290 g/mol. The molecule has 0 saturated heterocycles. The van der Waals surface area contributed by atoms with Gasteiger partial charge in [-0.15, -0.1) is 0 Å².